The first-order valence-electron chi connectivity index (χ1n) is 37.2. The van der Waals surface area contributed by atoms with Gasteiger partial charge in [-0.25, -0.2) is 87.3 Å². The lowest BCUT2D eigenvalue weighted by atomic mass is 10.2. The van der Waals surface area contributed by atoms with Gasteiger partial charge in [-0.1, -0.05) is 137 Å². The summed E-state index contributed by atoms with van der Waals surface area (Å²) < 4.78 is 184. The van der Waals surface area contributed by atoms with E-state index in [1.165, 1.54) is 12.4 Å². The monoisotopic (exact) mass is 1730 g/mol. The fourth-order valence-corrected chi connectivity index (χ4v) is 15.3. The van der Waals surface area contributed by atoms with Gasteiger partial charge in [-0.05, 0) is 193 Å². The fourth-order valence-electron chi connectivity index (χ4n) is 7.76. The molecule has 0 radical (unpaired) electrons. The van der Waals surface area contributed by atoms with Crippen LogP contribution in [0.2, 0.25) is 0 Å². The Hall–Kier alpha value is -7.98. The molecular formula is C82H120N8O16S8. The first-order chi connectivity index (χ1) is 53.1. The van der Waals surface area contributed by atoms with E-state index >= 15 is 0 Å². The zero-order valence-electron chi connectivity index (χ0n) is 69.4. The highest BCUT2D eigenvalue weighted by atomic mass is 32.2. The van der Waals surface area contributed by atoms with Gasteiger partial charge in [0, 0.05) is 55.8 Å². The first kappa shape index (κ1) is 106. The van der Waals surface area contributed by atoms with Crippen LogP contribution in [0, 0.1) is 0 Å². The van der Waals surface area contributed by atoms with Crippen LogP contribution >= 0.6 is 0 Å². The third-order valence-corrected chi connectivity index (χ3v) is 32.8. The molecule has 24 nitrogen and oxygen atoms in total. The molecule has 0 aliphatic carbocycles. The molecule has 0 aliphatic heterocycles. The number of sulfone groups is 8. The molecule has 114 heavy (non-hydrogen) atoms. The molecule has 0 saturated carbocycles. The number of benzene rings is 3. The smallest absolute Gasteiger partial charge is 0.159 e. The van der Waals surface area contributed by atoms with E-state index in [-0.39, 0.29) is 82.8 Å². The summed E-state index contributed by atoms with van der Waals surface area (Å²) in [5, 5.41) is -2.69. The standard InChI is InChI=1S/C13H15N3O2S.3C10H14O2S.3C9H13NO2S.C8H12N2O2S.2C2H6/c1-10(2)19(17,18)9-13-15-8-6-12(16-13)11-5-3-4-7-14-11;3*1-9(2)13(11,12)8-10-6-4-3-5-7-10;1-8(2)13(11,12)7-9-3-5-10-6-4-9;1-8(2)13(11,12)7-9-4-3-5-10-6-9;1-8(2)13(11,12)7-9-5-3-4-6-10-9;1-7(2)13(11,12)6-8-9-4-3-5-10-8;2*1-2/h3-8,10H,9H2,1-2H3;3*3-7,9H,8H2,1-2H3;3*3-6,8H,7H2,1-2H3;3-5,7H,6H2,1-2H3;2*1-2H3. The minimum atomic E-state index is -3.20. The van der Waals surface area contributed by atoms with Crippen molar-refractivity contribution in [3.8, 4) is 11.4 Å². The van der Waals surface area contributed by atoms with Crippen LogP contribution in [0.1, 0.15) is 184 Å². The minimum Gasteiger partial charge on any atom is -0.265 e. The summed E-state index contributed by atoms with van der Waals surface area (Å²) in [4.78, 5) is 31.8. The van der Waals surface area contributed by atoms with Crippen LogP contribution in [-0.2, 0) is 125 Å². The van der Waals surface area contributed by atoms with Crippen LogP contribution in [0.3, 0.4) is 0 Å². The molecule has 0 amide bonds. The van der Waals surface area contributed by atoms with Crippen molar-refractivity contribution in [3.63, 3.8) is 0 Å². The van der Waals surface area contributed by atoms with E-state index in [1.807, 2.05) is 137 Å². The van der Waals surface area contributed by atoms with E-state index in [0.717, 1.165) is 27.8 Å². The Labute approximate surface area is 683 Å². The summed E-state index contributed by atoms with van der Waals surface area (Å²) in [5.74, 6) is 1.09. The van der Waals surface area contributed by atoms with E-state index < -0.39 is 83.9 Å². The number of rotatable bonds is 25. The van der Waals surface area contributed by atoms with Crippen molar-refractivity contribution >= 4 is 78.7 Å². The van der Waals surface area contributed by atoms with Gasteiger partial charge in [-0.15, -0.1) is 0 Å². The second kappa shape index (κ2) is 53.3. The zero-order valence-corrected chi connectivity index (χ0v) is 76.0. The summed E-state index contributed by atoms with van der Waals surface area (Å²) in [6.07, 6.45) is 14.3. The second-order valence-electron chi connectivity index (χ2n) is 27.1. The number of pyridine rings is 4. The highest BCUT2D eigenvalue weighted by Crippen LogP contribution is 2.18. The van der Waals surface area contributed by atoms with Crippen LogP contribution in [0.4, 0.5) is 0 Å². The topological polar surface area (TPSA) is 376 Å². The quantitative estimate of drug-likeness (QED) is 0.0513. The van der Waals surface area contributed by atoms with Gasteiger partial charge < -0.3 is 0 Å². The van der Waals surface area contributed by atoms with Crippen LogP contribution in [0.25, 0.3) is 11.4 Å². The molecule has 32 heteroatoms. The molecule has 0 N–H and O–H groups in total. The van der Waals surface area contributed by atoms with Crippen molar-refractivity contribution in [1.82, 2.24) is 39.9 Å². The average molecular weight is 1730 g/mol. The largest absolute Gasteiger partial charge is 0.265 e. The molecule has 632 valence electrons. The first-order valence-corrected chi connectivity index (χ1v) is 50.9. The molecule has 6 heterocycles. The SMILES string of the molecule is CC.CC.CC(C)S(=O)(=O)Cc1ccccc1.CC(C)S(=O)(=O)Cc1ccccc1.CC(C)S(=O)(=O)Cc1ccccc1.CC(C)S(=O)(=O)Cc1ccccn1.CC(C)S(=O)(=O)Cc1cccnc1.CC(C)S(=O)(=O)Cc1ccncc1.CC(C)S(=O)(=O)Cc1nccc(-c2ccccn2)n1.CC(C)S(=O)(=O)Cc1ncccn1. The lowest BCUT2D eigenvalue weighted by Crippen LogP contribution is -2.17. The molecule has 0 fully saturated rings. The summed E-state index contributed by atoms with van der Waals surface area (Å²) in [6, 6.07) is 48.9. The lowest BCUT2D eigenvalue weighted by molar-refractivity contribution is 0.583. The van der Waals surface area contributed by atoms with E-state index in [2.05, 4.69) is 39.9 Å². The Morgan fingerprint density at radius 1 is 0.219 bits per heavy atom. The van der Waals surface area contributed by atoms with E-state index in [1.54, 1.807) is 209 Å². The summed E-state index contributed by atoms with van der Waals surface area (Å²) >= 11 is 0. The maximum atomic E-state index is 11.9. The predicted octanol–water partition coefficient (Wildman–Crippen LogP) is 15.0. The zero-order chi connectivity index (χ0) is 87.2. The molecule has 0 unspecified atom stereocenters. The van der Waals surface area contributed by atoms with Crippen LogP contribution < -0.4 is 0 Å². The van der Waals surface area contributed by atoms with Gasteiger partial charge in [0.05, 0.1) is 93.6 Å². The van der Waals surface area contributed by atoms with Crippen molar-refractivity contribution in [2.75, 3.05) is 0 Å². The highest BCUT2D eigenvalue weighted by molar-refractivity contribution is 7.93. The molecule has 9 rings (SSSR count). The summed E-state index contributed by atoms with van der Waals surface area (Å²) in [5.41, 5.74) is 6.05. The lowest BCUT2D eigenvalue weighted by Gasteiger charge is -2.07. The fraction of sp³-hybridized carbons (Fsp3) is 0.439. The third-order valence-electron chi connectivity index (χ3n) is 15.6. The van der Waals surface area contributed by atoms with Crippen molar-refractivity contribution in [2.24, 2.45) is 0 Å². The number of hydrogen-bond acceptors (Lipinski definition) is 24. The predicted molar refractivity (Wildman–Crippen MR) is 464 cm³/mol. The van der Waals surface area contributed by atoms with Crippen LogP contribution in [0.15, 0.2) is 220 Å². The van der Waals surface area contributed by atoms with Crippen molar-refractivity contribution in [3.05, 3.63) is 265 Å². The Morgan fingerprint density at radius 2 is 0.509 bits per heavy atom. The molecule has 6 aromatic heterocycles. The number of aromatic nitrogens is 8. The normalized spacial score (nSPS) is 11.6. The highest BCUT2D eigenvalue weighted by Gasteiger charge is 2.23. The van der Waals surface area contributed by atoms with Gasteiger partial charge in [0.2, 0.25) is 0 Å². The Balaban J connectivity index is 0.00000128. The van der Waals surface area contributed by atoms with Gasteiger partial charge in [0.15, 0.2) is 78.7 Å². The average Bonchev–Trinajstić information content (AvgIpc) is 0.836. The third kappa shape index (κ3) is 44.2. The van der Waals surface area contributed by atoms with E-state index in [0.29, 0.717) is 28.7 Å². The Kier molecular flexibility index (Phi) is 49.6. The van der Waals surface area contributed by atoms with Crippen molar-refractivity contribution in [2.45, 2.75) is 226 Å². The van der Waals surface area contributed by atoms with Gasteiger partial charge in [-0.2, -0.15) is 0 Å². The van der Waals surface area contributed by atoms with Gasteiger partial charge in [0.1, 0.15) is 23.2 Å². The Morgan fingerprint density at radius 3 is 0.833 bits per heavy atom. The number of hydrogen-bond donors (Lipinski definition) is 0. The molecule has 0 spiro atoms. The molecule has 0 aliphatic rings. The molecule has 3 aromatic carbocycles. The summed E-state index contributed by atoms with van der Waals surface area (Å²) in [7, 11) is -24.1. The van der Waals surface area contributed by atoms with Crippen LogP contribution in [0.5, 0.6) is 0 Å². The molecule has 0 atom stereocenters. The molecule has 9 aromatic rings. The molecular weight excluding hydrogens is 1610 g/mol. The second-order valence-corrected chi connectivity index (χ2v) is 47.5. The van der Waals surface area contributed by atoms with Gasteiger partial charge >= 0.3 is 0 Å². The Bertz CT molecular complexity index is 4330. The van der Waals surface area contributed by atoms with Crippen LogP contribution in [-0.4, -0.2) is 149 Å². The van der Waals surface area contributed by atoms with Crippen molar-refractivity contribution in [1.29, 1.82) is 0 Å². The number of nitrogens with zero attached hydrogens (tertiary/aromatic N) is 8. The molecule has 0 bridgehead atoms. The maximum Gasteiger partial charge on any atom is 0.159 e. The van der Waals surface area contributed by atoms with Crippen molar-refractivity contribution < 1.29 is 67.3 Å². The summed E-state index contributed by atoms with van der Waals surface area (Å²) in [6.45, 7) is 35.0. The van der Waals surface area contributed by atoms with Gasteiger partial charge in [0.25, 0.3) is 0 Å². The maximum absolute atomic E-state index is 11.9. The van der Waals surface area contributed by atoms with Gasteiger partial charge in [-0.3, -0.25) is 19.9 Å². The minimum absolute atomic E-state index is 0.0332. The van der Waals surface area contributed by atoms with E-state index in [9.17, 15) is 67.3 Å². The van der Waals surface area contributed by atoms with E-state index in [4.69, 9.17) is 0 Å². The molecule has 0 saturated heterocycles.